The normalized spacial score (nSPS) is 18.7. The molecule has 1 aliphatic carbocycles. The van der Waals surface area contributed by atoms with E-state index in [0.717, 1.165) is 55.3 Å². The van der Waals surface area contributed by atoms with Gasteiger partial charge in [-0.15, -0.1) is 0 Å². The molecule has 1 saturated heterocycles. The molecule has 0 spiro atoms. The fraction of sp³-hybridized carbons (Fsp3) is 0.500. The number of imidazole rings is 1. The molecule has 7 rings (SSSR count). The van der Waals surface area contributed by atoms with Crippen LogP contribution in [0.4, 0.5) is 4.39 Å². The van der Waals surface area contributed by atoms with Crippen molar-refractivity contribution in [3.05, 3.63) is 47.2 Å². The molecule has 42 heavy (non-hydrogen) atoms. The zero-order valence-electron chi connectivity index (χ0n) is 24.4. The first kappa shape index (κ1) is 27.1. The topological polar surface area (TPSA) is 102 Å². The standard InChI is InChI=1S/C32H38FN7O2/c1-19(41)38-11-8-21(9-12-38)24-5-3-4-22-14-28(40(29(22)24)17-20-6-7-20)31-36-27-15-25-26(35-30(27)37(31)2)10-13-39(32(25)42)18-23(34)16-33/h3-5,14-15,20-21,23H,6-13,16-18,34H2,1-2H3/t23-/m1/s1. The highest BCUT2D eigenvalue weighted by Gasteiger charge is 2.31. The van der Waals surface area contributed by atoms with Crippen LogP contribution in [0.3, 0.4) is 0 Å². The third kappa shape index (κ3) is 4.65. The quantitative estimate of drug-likeness (QED) is 0.361. The lowest BCUT2D eigenvalue weighted by molar-refractivity contribution is -0.129. The molecule has 1 atom stereocenters. The maximum atomic E-state index is 13.3. The first-order valence-electron chi connectivity index (χ1n) is 15.2. The van der Waals surface area contributed by atoms with E-state index in [0.29, 0.717) is 35.9 Å². The number of rotatable bonds is 7. The van der Waals surface area contributed by atoms with E-state index < -0.39 is 12.7 Å². The van der Waals surface area contributed by atoms with Crippen molar-refractivity contribution in [2.75, 3.05) is 32.9 Å². The number of carbonyl (C=O) groups excluding carboxylic acids is 2. The summed E-state index contributed by atoms with van der Waals surface area (Å²) in [5.41, 5.74) is 12.2. The molecule has 220 valence electrons. The van der Waals surface area contributed by atoms with E-state index in [1.54, 1.807) is 11.8 Å². The molecular weight excluding hydrogens is 533 g/mol. The molecule has 9 nitrogen and oxygen atoms in total. The fourth-order valence-electron chi connectivity index (χ4n) is 6.89. The number of aryl methyl sites for hydroxylation is 1. The van der Waals surface area contributed by atoms with Gasteiger partial charge in [0.1, 0.15) is 12.2 Å². The van der Waals surface area contributed by atoms with Gasteiger partial charge >= 0.3 is 0 Å². The number of para-hydroxylation sites is 1. The summed E-state index contributed by atoms with van der Waals surface area (Å²) >= 11 is 0. The van der Waals surface area contributed by atoms with Crippen LogP contribution < -0.4 is 5.73 Å². The van der Waals surface area contributed by atoms with E-state index in [9.17, 15) is 14.0 Å². The number of amides is 2. The van der Waals surface area contributed by atoms with Crippen molar-refractivity contribution >= 4 is 33.9 Å². The molecule has 0 unspecified atom stereocenters. The molecule has 0 bridgehead atoms. The van der Waals surface area contributed by atoms with E-state index >= 15 is 0 Å². The smallest absolute Gasteiger partial charge is 0.255 e. The van der Waals surface area contributed by atoms with Gasteiger partial charge < -0.3 is 24.7 Å². The van der Waals surface area contributed by atoms with Crippen LogP contribution in [0.15, 0.2) is 30.3 Å². The monoisotopic (exact) mass is 571 g/mol. The molecule has 5 heterocycles. The third-order valence-corrected chi connectivity index (χ3v) is 9.41. The number of halogens is 1. The van der Waals surface area contributed by atoms with E-state index in [2.05, 4.69) is 28.8 Å². The summed E-state index contributed by atoms with van der Waals surface area (Å²) in [5, 5.41) is 1.20. The number of aromatic nitrogens is 4. The molecule has 2 N–H and O–H groups in total. The van der Waals surface area contributed by atoms with Gasteiger partial charge in [0.15, 0.2) is 11.5 Å². The Kier molecular flexibility index (Phi) is 6.76. The Labute approximate surface area is 244 Å². The Bertz CT molecular complexity index is 1700. The van der Waals surface area contributed by atoms with E-state index in [4.69, 9.17) is 15.7 Å². The molecule has 3 aromatic heterocycles. The van der Waals surface area contributed by atoms with Crippen LogP contribution >= 0.6 is 0 Å². The minimum atomic E-state index is -0.686. The van der Waals surface area contributed by atoms with Gasteiger partial charge in [-0.05, 0) is 55.2 Å². The molecule has 0 radical (unpaired) electrons. The zero-order chi connectivity index (χ0) is 29.1. The number of carbonyl (C=O) groups is 2. The average molecular weight is 572 g/mol. The van der Waals surface area contributed by atoms with Crippen LogP contribution in [0.5, 0.6) is 0 Å². The lowest BCUT2D eigenvalue weighted by Crippen LogP contribution is -2.45. The maximum absolute atomic E-state index is 13.3. The van der Waals surface area contributed by atoms with Crippen molar-refractivity contribution in [1.29, 1.82) is 0 Å². The molecule has 1 saturated carbocycles. The van der Waals surface area contributed by atoms with Crippen molar-refractivity contribution in [1.82, 2.24) is 28.9 Å². The molecular formula is C32H38FN7O2. The second-order valence-corrected chi connectivity index (χ2v) is 12.4. The summed E-state index contributed by atoms with van der Waals surface area (Å²) in [6, 6.07) is 10.0. The maximum Gasteiger partial charge on any atom is 0.255 e. The number of benzene rings is 1. The average Bonchev–Trinajstić information content (AvgIpc) is 3.67. The SMILES string of the molecule is CC(=O)N1CCC(c2cccc3cc(-c4nc5cc6c(nc5n4C)CCN(C[C@H](N)CF)C6=O)n(CC4CC4)c23)CC1. The second kappa shape index (κ2) is 10.5. The fourth-order valence-corrected chi connectivity index (χ4v) is 6.89. The Hall–Kier alpha value is -3.79. The number of hydrogen-bond acceptors (Lipinski definition) is 5. The van der Waals surface area contributed by atoms with E-state index in [-0.39, 0.29) is 18.4 Å². The Morgan fingerprint density at radius 3 is 2.62 bits per heavy atom. The van der Waals surface area contributed by atoms with E-state index in [1.165, 1.54) is 29.3 Å². The third-order valence-electron chi connectivity index (χ3n) is 9.41. The van der Waals surface area contributed by atoms with Gasteiger partial charge in [0, 0.05) is 58.5 Å². The van der Waals surface area contributed by atoms with Crippen LogP contribution in [0.2, 0.25) is 0 Å². The summed E-state index contributed by atoms with van der Waals surface area (Å²) in [6.45, 7) is 4.20. The predicted molar refractivity (Wildman–Crippen MR) is 160 cm³/mol. The molecule has 2 fully saturated rings. The number of nitrogens with two attached hydrogens (primary N) is 1. The Morgan fingerprint density at radius 1 is 1.12 bits per heavy atom. The van der Waals surface area contributed by atoms with E-state index in [1.807, 2.05) is 22.6 Å². The van der Waals surface area contributed by atoms with Crippen molar-refractivity contribution in [2.45, 2.75) is 57.5 Å². The second-order valence-electron chi connectivity index (χ2n) is 12.4. The van der Waals surface area contributed by atoms with Crippen LogP contribution in [-0.2, 0) is 24.8 Å². The van der Waals surface area contributed by atoms with Gasteiger partial charge in [-0.25, -0.2) is 14.4 Å². The lowest BCUT2D eigenvalue weighted by atomic mass is 9.88. The number of alkyl halides is 1. The highest BCUT2D eigenvalue weighted by atomic mass is 19.1. The number of nitrogens with zero attached hydrogens (tertiary/aromatic N) is 6. The summed E-state index contributed by atoms with van der Waals surface area (Å²) < 4.78 is 17.6. The van der Waals surface area contributed by atoms with Crippen LogP contribution in [0.25, 0.3) is 33.6 Å². The van der Waals surface area contributed by atoms with Gasteiger partial charge in [0.25, 0.3) is 5.91 Å². The number of likely N-dealkylation sites (tertiary alicyclic amines) is 1. The largest absolute Gasteiger partial charge is 0.343 e. The first-order chi connectivity index (χ1) is 20.3. The lowest BCUT2D eigenvalue weighted by Gasteiger charge is -2.32. The van der Waals surface area contributed by atoms with Gasteiger partial charge in [0.2, 0.25) is 5.91 Å². The van der Waals surface area contributed by atoms with Crippen molar-refractivity contribution in [2.24, 2.45) is 18.7 Å². The summed E-state index contributed by atoms with van der Waals surface area (Å²) in [5.74, 6) is 1.88. The summed E-state index contributed by atoms with van der Waals surface area (Å²) in [6.07, 6.45) is 5.00. The van der Waals surface area contributed by atoms with Crippen molar-refractivity contribution in [3.63, 3.8) is 0 Å². The Balaban J connectivity index is 1.30. The van der Waals surface area contributed by atoms with Crippen LogP contribution in [0.1, 0.15) is 60.1 Å². The molecule has 10 heteroatoms. The van der Waals surface area contributed by atoms with Crippen molar-refractivity contribution in [3.8, 4) is 11.5 Å². The summed E-state index contributed by atoms with van der Waals surface area (Å²) in [7, 11) is 2.00. The van der Waals surface area contributed by atoms with Crippen molar-refractivity contribution < 1.29 is 14.0 Å². The molecule has 1 aromatic carbocycles. The van der Waals surface area contributed by atoms with Crippen LogP contribution in [-0.4, -0.2) is 79.6 Å². The molecule has 2 aliphatic heterocycles. The minimum Gasteiger partial charge on any atom is -0.343 e. The molecule has 4 aromatic rings. The van der Waals surface area contributed by atoms with Crippen LogP contribution in [0, 0.1) is 5.92 Å². The highest BCUT2D eigenvalue weighted by Crippen LogP contribution is 2.40. The molecule has 2 amide bonds. The zero-order valence-corrected chi connectivity index (χ0v) is 24.4. The number of pyridine rings is 1. The molecule has 3 aliphatic rings. The van der Waals surface area contributed by atoms with Gasteiger partial charge in [-0.1, -0.05) is 18.2 Å². The number of piperidine rings is 1. The first-order valence-corrected chi connectivity index (χ1v) is 15.2. The minimum absolute atomic E-state index is 0.154. The number of hydrogen-bond donors (Lipinski definition) is 1. The Morgan fingerprint density at radius 2 is 1.90 bits per heavy atom. The number of fused-ring (bicyclic) bond motifs is 3. The predicted octanol–water partition coefficient (Wildman–Crippen LogP) is 4.02. The van der Waals surface area contributed by atoms with Gasteiger partial charge in [0.05, 0.1) is 28.5 Å². The van der Waals surface area contributed by atoms with Gasteiger partial charge in [-0.3, -0.25) is 9.59 Å². The summed E-state index contributed by atoms with van der Waals surface area (Å²) in [4.78, 5) is 38.8. The highest BCUT2D eigenvalue weighted by molar-refractivity contribution is 5.99. The van der Waals surface area contributed by atoms with Gasteiger partial charge in [-0.2, -0.15) is 0 Å².